The molecule has 0 spiro atoms. The molecule has 0 aliphatic carbocycles. The first-order valence-electron chi connectivity index (χ1n) is 8.64. The smallest absolute Gasteiger partial charge is 0.194 e. The zero-order chi connectivity index (χ0) is 16.8. The van der Waals surface area contributed by atoms with Gasteiger partial charge < -0.3 is 14.8 Å². The van der Waals surface area contributed by atoms with Crippen LogP contribution in [0.25, 0.3) is 0 Å². The van der Waals surface area contributed by atoms with E-state index in [2.05, 4.69) is 32.2 Å². The number of rotatable bonds is 4. The Kier molecular flexibility index (Phi) is 5.46. The van der Waals surface area contributed by atoms with Gasteiger partial charge in [-0.2, -0.15) is 0 Å². The molecule has 128 valence electrons. The average Bonchev–Trinajstić information content (AvgIpc) is 2.82. The predicted molar refractivity (Wildman–Crippen MR) is 95.7 cm³/mol. The topological polar surface area (TPSA) is 58.3 Å². The van der Waals surface area contributed by atoms with Crippen LogP contribution in [0.2, 0.25) is 0 Å². The van der Waals surface area contributed by atoms with Crippen LogP contribution in [0.1, 0.15) is 36.5 Å². The number of aromatic nitrogens is 3. The fourth-order valence-corrected chi connectivity index (χ4v) is 2.94. The van der Waals surface area contributed by atoms with Gasteiger partial charge in [-0.15, -0.1) is 10.2 Å². The summed E-state index contributed by atoms with van der Waals surface area (Å²) in [6.07, 6.45) is 4.74. The van der Waals surface area contributed by atoms with Crippen LogP contribution >= 0.6 is 0 Å². The molecular weight excluding hydrogens is 300 g/mol. The summed E-state index contributed by atoms with van der Waals surface area (Å²) in [6.45, 7) is 2.34. The van der Waals surface area contributed by atoms with Crippen LogP contribution in [0.3, 0.4) is 0 Å². The molecule has 0 saturated carbocycles. The van der Waals surface area contributed by atoms with Gasteiger partial charge in [0, 0.05) is 27.1 Å². The van der Waals surface area contributed by atoms with Crippen molar-refractivity contribution in [2.24, 2.45) is 4.99 Å². The highest BCUT2D eigenvalue weighted by atomic mass is 15.3. The summed E-state index contributed by atoms with van der Waals surface area (Å²) in [5.41, 5.74) is 1.20. The van der Waals surface area contributed by atoms with Gasteiger partial charge in [0.05, 0.1) is 13.1 Å². The van der Waals surface area contributed by atoms with Gasteiger partial charge in [-0.3, -0.25) is 0 Å². The van der Waals surface area contributed by atoms with Gasteiger partial charge in [0.15, 0.2) is 11.8 Å². The lowest BCUT2D eigenvalue weighted by atomic mass is 10.2. The molecule has 1 aromatic carbocycles. The van der Waals surface area contributed by atoms with Crippen LogP contribution < -0.4 is 5.32 Å². The molecule has 1 N–H and O–H groups in total. The van der Waals surface area contributed by atoms with E-state index in [9.17, 15) is 0 Å². The van der Waals surface area contributed by atoms with Gasteiger partial charge in [0.1, 0.15) is 5.82 Å². The lowest BCUT2D eigenvalue weighted by molar-refractivity contribution is 0.559. The third-order valence-corrected chi connectivity index (χ3v) is 4.27. The first-order chi connectivity index (χ1) is 11.7. The van der Waals surface area contributed by atoms with Crippen molar-refractivity contribution in [1.82, 2.24) is 25.0 Å². The number of aliphatic imine (C=N–C) groups is 1. The highest BCUT2D eigenvalue weighted by Gasteiger charge is 2.15. The molecule has 0 atom stereocenters. The molecule has 3 rings (SSSR count). The summed E-state index contributed by atoms with van der Waals surface area (Å²) in [4.78, 5) is 6.70. The van der Waals surface area contributed by atoms with Crippen molar-refractivity contribution in [2.45, 2.75) is 45.3 Å². The standard InChI is InChI=1S/C18H26N6/c1-23(2)18(19-13-15-9-5-3-6-10-15)20-14-17-22-21-16-11-7-4-8-12-24(16)17/h3,5-6,9-10H,4,7-8,11-14H2,1-2H3,(H,19,20). The average molecular weight is 326 g/mol. The largest absolute Gasteiger partial charge is 0.349 e. The maximum absolute atomic E-state index is 4.70. The van der Waals surface area contributed by atoms with Crippen LogP contribution in [-0.4, -0.2) is 39.7 Å². The number of nitrogens with one attached hydrogen (secondary N) is 1. The molecule has 0 unspecified atom stereocenters. The first kappa shape index (κ1) is 16.5. The Labute approximate surface area is 143 Å². The Morgan fingerprint density at radius 3 is 2.79 bits per heavy atom. The minimum Gasteiger partial charge on any atom is -0.349 e. The van der Waals surface area contributed by atoms with Crippen molar-refractivity contribution in [3.63, 3.8) is 0 Å². The fraction of sp³-hybridized carbons (Fsp3) is 0.500. The molecule has 1 aliphatic heterocycles. The van der Waals surface area contributed by atoms with E-state index in [4.69, 9.17) is 4.99 Å². The first-order valence-corrected chi connectivity index (χ1v) is 8.64. The van der Waals surface area contributed by atoms with Crippen LogP contribution in [0.5, 0.6) is 0 Å². The van der Waals surface area contributed by atoms with E-state index in [0.717, 1.165) is 30.6 Å². The Balaban J connectivity index is 1.65. The van der Waals surface area contributed by atoms with Crippen LogP contribution in [-0.2, 0) is 26.1 Å². The normalized spacial score (nSPS) is 14.8. The Morgan fingerprint density at radius 1 is 1.17 bits per heavy atom. The van der Waals surface area contributed by atoms with E-state index in [1.54, 1.807) is 0 Å². The summed E-state index contributed by atoms with van der Waals surface area (Å²) in [6, 6.07) is 10.3. The molecular formula is C18H26N6. The highest BCUT2D eigenvalue weighted by Crippen LogP contribution is 2.14. The number of hydrogen-bond donors (Lipinski definition) is 1. The molecule has 6 heteroatoms. The van der Waals surface area contributed by atoms with E-state index in [1.807, 2.05) is 37.2 Å². The Bertz CT molecular complexity index is 674. The summed E-state index contributed by atoms with van der Waals surface area (Å²) >= 11 is 0. The lowest BCUT2D eigenvalue weighted by Crippen LogP contribution is -2.36. The van der Waals surface area contributed by atoms with Crippen molar-refractivity contribution in [1.29, 1.82) is 0 Å². The summed E-state index contributed by atoms with van der Waals surface area (Å²) in [5.74, 6) is 2.99. The van der Waals surface area contributed by atoms with Gasteiger partial charge in [-0.1, -0.05) is 36.8 Å². The second-order valence-electron chi connectivity index (χ2n) is 6.37. The number of fused-ring (bicyclic) bond motifs is 1. The van der Waals surface area contributed by atoms with Gasteiger partial charge in [-0.25, -0.2) is 4.99 Å². The molecule has 6 nitrogen and oxygen atoms in total. The molecule has 0 amide bonds. The summed E-state index contributed by atoms with van der Waals surface area (Å²) in [7, 11) is 4.00. The van der Waals surface area contributed by atoms with Crippen molar-refractivity contribution in [2.75, 3.05) is 14.1 Å². The molecule has 0 fully saturated rings. The second-order valence-corrected chi connectivity index (χ2v) is 6.37. The van der Waals surface area contributed by atoms with Crippen LogP contribution in [0.4, 0.5) is 0 Å². The molecule has 1 aromatic heterocycles. The van der Waals surface area contributed by atoms with E-state index in [-0.39, 0.29) is 0 Å². The quantitative estimate of drug-likeness (QED) is 0.691. The Morgan fingerprint density at radius 2 is 2.00 bits per heavy atom. The van der Waals surface area contributed by atoms with Gasteiger partial charge in [0.25, 0.3) is 0 Å². The zero-order valence-corrected chi connectivity index (χ0v) is 14.6. The minimum atomic E-state index is 0.652. The van der Waals surface area contributed by atoms with Crippen LogP contribution in [0, 0.1) is 0 Å². The summed E-state index contributed by atoms with van der Waals surface area (Å²) in [5, 5.41) is 12.1. The lowest BCUT2D eigenvalue weighted by Gasteiger charge is -2.18. The van der Waals surface area contributed by atoms with E-state index >= 15 is 0 Å². The molecule has 0 saturated heterocycles. The maximum Gasteiger partial charge on any atom is 0.194 e. The number of nitrogens with zero attached hydrogens (tertiary/aromatic N) is 5. The molecule has 24 heavy (non-hydrogen) atoms. The molecule has 2 aromatic rings. The van der Waals surface area contributed by atoms with Crippen molar-refractivity contribution in [3.8, 4) is 0 Å². The number of guanidine groups is 1. The second kappa shape index (κ2) is 7.95. The van der Waals surface area contributed by atoms with Crippen molar-refractivity contribution >= 4 is 5.96 Å². The fourth-order valence-electron chi connectivity index (χ4n) is 2.94. The van der Waals surface area contributed by atoms with Crippen molar-refractivity contribution in [3.05, 3.63) is 47.5 Å². The molecule has 1 aliphatic rings. The van der Waals surface area contributed by atoms with Gasteiger partial charge >= 0.3 is 0 Å². The minimum absolute atomic E-state index is 0.652. The van der Waals surface area contributed by atoms with E-state index in [1.165, 1.54) is 24.8 Å². The number of benzene rings is 1. The highest BCUT2D eigenvalue weighted by molar-refractivity contribution is 5.79. The predicted octanol–water partition coefficient (Wildman–Crippen LogP) is 2.21. The van der Waals surface area contributed by atoms with Gasteiger partial charge in [-0.05, 0) is 18.4 Å². The number of hydrogen-bond acceptors (Lipinski definition) is 3. The Hall–Kier alpha value is -2.37. The number of aryl methyl sites for hydroxylation is 1. The third-order valence-electron chi connectivity index (χ3n) is 4.27. The van der Waals surface area contributed by atoms with Crippen LogP contribution in [0.15, 0.2) is 35.3 Å². The maximum atomic E-state index is 4.70. The molecule has 2 heterocycles. The molecule has 0 bridgehead atoms. The third kappa shape index (κ3) is 4.13. The summed E-state index contributed by atoms with van der Waals surface area (Å²) < 4.78 is 2.27. The monoisotopic (exact) mass is 326 g/mol. The van der Waals surface area contributed by atoms with E-state index in [0.29, 0.717) is 13.1 Å². The van der Waals surface area contributed by atoms with E-state index < -0.39 is 0 Å². The molecule has 0 radical (unpaired) electrons. The van der Waals surface area contributed by atoms with Gasteiger partial charge in [0.2, 0.25) is 0 Å². The van der Waals surface area contributed by atoms with Crippen molar-refractivity contribution < 1.29 is 0 Å². The SMILES string of the molecule is CN(C)C(=NCc1ccccc1)NCc1nnc2n1CCCCC2. The zero-order valence-electron chi connectivity index (χ0n) is 14.6.